The number of nitrogens with one attached hydrogen (secondary N) is 1. The summed E-state index contributed by atoms with van der Waals surface area (Å²) in [7, 11) is 3.00. The first-order valence-corrected chi connectivity index (χ1v) is 9.59. The van der Waals surface area contributed by atoms with E-state index in [4.69, 9.17) is 14.2 Å². The topological polar surface area (TPSA) is 117 Å². The molecule has 1 aromatic carbocycles. The molecule has 1 atom stereocenters. The second-order valence-electron chi connectivity index (χ2n) is 6.75. The Hall–Kier alpha value is -3.79. The molecule has 3 aromatic rings. The van der Waals surface area contributed by atoms with Crippen LogP contribution in [-0.2, 0) is 11.3 Å². The van der Waals surface area contributed by atoms with Gasteiger partial charge in [0.2, 0.25) is 0 Å². The molecule has 1 unspecified atom stereocenters. The highest BCUT2D eigenvalue weighted by Crippen LogP contribution is 2.25. The molecule has 0 aliphatic carbocycles. The normalized spacial score (nSPS) is 15.5. The van der Waals surface area contributed by atoms with Gasteiger partial charge >= 0.3 is 0 Å². The first-order chi connectivity index (χ1) is 15.1. The molecule has 1 aliphatic rings. The fraction of sp³-hybridized carbons (Fsp3) is 0.286. The van der Waals surface area contributed by atoms with Gasteiger partial charge < -0.3 is 19.5 Å². The lowest BCUT2D eigenvalue weighted by molar-refractivity contribution is 0.0852. The number of fused-ring (bicyclic) bond motifs is 1. The van der Waals surface area contributed by atoms with Gasteiger partial charge in [-0.2, -0.15) is 0 Å². The van der Waals surface area contributed by atoms with Crippen LogP contribution in [0.4, 0.5) is 0 Å². The molecule has 3 heterocycles. The van der Waals surface area contributed by atoms with Gasteiger partial charge in [0.05, 0.1) is 50.9 Å². The van der Waals surface area contributed by atoms with Crippen LogP contribution in [0, 0.1) is 0 Å². The van der Waals surface area contributed by atoms with Crippen molar-refractivity contribution in [3.8, 4) is 22.9 Å². The van der Waals surface area contributed by atoms with Crippen LogP contribution >= 0.6 is 0 Å². The molecule has 0 spiro atoms. The summed E-state index contributed by atoms with van der Waals surface area (Å²) in [6.45, 7) is 0.827. The maximum atomic E-state index is 13.1. The van der Waals surface area contributed by atoms with Gasteiger partial charge in [-0.25, -0.2) is 15.0 Å². The summed E-state index contributed by atoms with van der Waals surface area (Å²) in [5.41, 5.74) is 0.966. The summed E-state index contributed by atoms with van der Waals surface area (Å²) in [6, 6.07) is 7.38. The van der Waals surface area contributed by atoms with E-state index in [-0.39, 0.29) is 12.2 Å². The third-order valence-electron chi connectivity index (χ3n) is 4.89. The molecule has 31 heavy (non-hydrogen) atoms. The number of carbonyl (C=O) groups is 1. The van der Waals surface area contributed by atoms with E-state index in [0.717, 1.165) is 0 Å². The van der Waals surface area contributed by atoms with Gasteiger partial charge in [0.25, 0.3) is 11.5 Å². The molecule has 0 bridgehead atoms. The van der Waals surface area contributed by atoms with E-state index in [0.29, 0.717) is 47.4 Å². The molecule has 160 valence electrons. The predicted octanol–water partition coefficient (Wildman–Crippen LogP) is 1.22. The van der Waals surface area contributed by atoms with E-state index < -0.39 is 11.9 Å². The molecule has 10 nitrogen and oxygen atoms in total. The standard InChI is InChI=1S/C21H21N5O5/c1-29-13-3-4-18(30-2)14(9-13)21(28)25-17-11-31-8-7-26-19(27)10-16(24-20(17)26)15-5-6-22-12-23-15/h3-6,9-10,12,17H,7-8,11H2,1-2H3,(H,25,28). The maximum absolute atomic E-state index is 13.1. The van der Waals surface area contributed by atoms with Gasteiger partial charge in [0.15, 0.2) is 0 Å². The Balaban J connectivity index is 1.72. The number of amides is 1. The Labute approximate surface area is 177 Å². The summed E-state index contributed by atoms with van der Waals surface area (Å²) in [4.78, 5) is 38.5. The predicted molar refractivity (Wildman–Crippen MR) is 110 cm³/mol. The van der Waals surface area contributed by atoms with Gasteiger partial charge in [-0.3, -0.25) is 14.2 Å². The van der Waals surface area contributed by atoms with E-state index in [1.165, 1.54) is 31.2 Å². The maximum Gasteiger partial charge on any atom is 0.255 e. The zero-order chi connectivity index (χ0) is 21.8. The first kappa shape index (κ1) is 20.5. The Bertz CT molecular complexity index is 1150. The number of carbonyl (C=O) groups excluding carboxylic acids is 1. The van der Waals surface area contributed by atoms with Crippen LogP contribution in [0.1, 0.15) is 22.2 Å². The van der Waals surface area contributed by atoms with Gasteiger partial charge in [0.1, 0.15) is 29.7 Å². The quantitative estimate of drug-likeness (QED) is 0.651. The van der Waals surface area contributed by atoms with Crippen LogP contribution in [0.3, 0.4) is 0 Å². The average molecular weight is 423 g/mol. The fourth-order valence-electron chi connectivity index (χ4n) is 3.35. The Morgan fingerprint density at radius 2 is 2.06 bits per heavy atom. The lowest BCUT2D eigenvalue weighted by Gasteiger charge is -2.20. The van der Waals surface area contributed by atoms with E-state index in [2.05, 4.69) is 20.3 Å². The van der Waals surface area contributed by atoms with Crippen molar-refractivity contribution in [1.29, 1.82) is 0 Å². The molecule has 4 rings (SSSR count). The number of methoxy groups -OCH3 is 2. The van der Waals surface area contributed by atoms with Gasteiger partial charge in [-0.1, -0.05) is 0 Å². The highest BCUT2D eigenvalue weighted by molar-refractivity contribution is 5.97. The minimum Gasteiger partial charge on any atom is -0.497 e. The Kier molecular flexibility index (Phi) is 5.89. The third-order valence-corrected chi connectivity index (χ3v) is 4.89. The number of hydrogen-bond acceptors (Lipinski definition) is 8. The molecule has 2 aromatic heterocycles. The second kappa shape index (κ2) is 8.92. The monoisotopic (exact) mass is 423 g/mol. The van der Waals surface area contributed by atoms with Crippen molar-refractivity contribution in [2.45, 2.75) is 12.6 Å². The molecule has 0 fully saturated rings. The summed E-state index contributed by atoms with van der Waals surface area (Å²) in [5.74, 6) is 0.907. The fourth-order valence-corrected chi connectivity index (χ4v) is 3.35. The molecule has 1 amide bonds. The highest BCUT2D eigenvalue weighted by Gasteiger charge is 2.26. The van der Waals surface area contributed by atoms with Crippen LogP contribution in [-0.4, -0.2) is 52.9 Å². The third kappa shape index (κ3) is 4.24. The number of rotatable bonds is 5. The largest absolute Gasteiger partial charge is 0.497 e. The van der Waals surface area contributed by atoms with Crippen molar-refractivity contribution in [1.82, 2.24) is 24.8 Å². The SMILES string of the molecule is COc1ccc(OC)c(C(=O)NC2COCCn3c2nc(-c2ccncn2)cc3=O)c1. The summed E-state index contributed by atoms with van der Waals surface area (Å²) >= 11 is 0. The number of nitrogens with zero attached hydrogens (tertiary/aromatic N) is 4. The van der Waals surface area contributed by atoms with Crippen molar-refractivity contribution in [2.75, 3.05) is 27.4 Å². The molecule has 10 heteroatoms. The molecular formula is C21H21N5O5. The van der Waals surface area contributed by atoms with Crippen molar-refractivity contribution in [3.63, 3.8) is 0 Å². The van der Waals surface area contributed by atoms with E-state index in [1.807, 2.05) is 0 Å². The van der Waals surface area contributed by atoms with E-state index in [9.17, 15) is 9.59 Å². The summed E-state index contributed by atoms with van der Waals surface area (Å²) < 4.78 is 17.7. The lowest BCUT2D eigenvalue weighted by Crippen LogP contribution is -2.35. The molecule has 1 aliphatic heterocycles. The van der Waals surface area contributed by atoms with Crippen molar-refractivity contribution < 1.29 is 19.0 Å². The minimum absolute atomic E-state index is 0.164. The Morgan fingerprint density at radius 3 is 2.81 bits per heavy atom. The van der Waals surface area contributed by atoms with Gasteiger partial charge in [0, 0.05) is 12.3 Å². The summed E-state index contributed by atoms with van der Waals surface area (Å²) in [6.07, 6.45) is 2.96. The zero-order valence-electron chi connectivity index (χ0n) is 17.1. The van der Waals surface area contributed by atoms with Crippen molar-refractivity contribution in [2.24, 2.45) is 0 Å². The number of ether oxygens (including phenoxy) is 3. The van der Waals surface area contributed by atoms with Gasteiger partial charge in [-0.15, -0.1) is 0 Å². The lowest BCUT2D eigenvalue weighted by atomic mass is 10.1. The molecule has 0 radical (unpaired) electrons. The first-order valence-electron chi connectivity index (χ1n) is 9.59. The molecule has 1 N–H and O–H groups in total. The van der Waals surface area contributed by atoms with Gasteiger partial charge in [-0.05, 0) is 24.3 Å². The van der Waals surface area contributed by atoms with Crippen LogP contribution in [0.25, 0.3) is 11.4 Å². The smallest absolute Gasteiger partial charge is 0.255 e. The second-order valence-corrected chi connectivity index (χ2v) is 6.75. The van der Waals surface area contributed by atoms with Crippen molar-refractivity contribution >= 4 is 5.91 Å². The average Bonchev–Trinajstić information content (AvgIpc) is 3.01. The zero-order valence-corrected chi connectivity index (χ0v) is 17.1. The van der Waals surface area contributed by atoms with E-state index >= 15 is 0 Å². The van der Waals surface area contributed by atoms with Crippen molar-refractivity contribution in [3.05, 3.63) is 64.6 Å². The van der Waals surface area contributed by atoms with Crippen LogP contribution in [0.5, 0.6) is 11.5 Å². The van der Waals surface area contributed by atoms with Crippen LogP contribution < -0.4 is 20.3 Å². The summed E-state index contributed by atoms with van der Waals surface area (Å²) in [5, 5.41) is 2.91. The molecule has 0 saturated heterocycles. The number of hydrogen-bond donors (Lipinski definition) is 1. The Morgan fingerprint density at radius 1 is 1.19 bits per heavy atom. The van der Waals surface area contributed by atoms with Crippen LogP contribution in [0.15, 0.2) is 47.7 Å². The highest BCUT2D eigenvalue weighted by atomic mass is 16.5. The molecular weight excluding hydrogens is 402 g/mol. The minimum atomic E-state index is -0.652. The van der Waals surface area contributed by atoms with Crippen LogP contribution in [0.2, 0.25) is 0 Å². The number of benzene rings is 1. The number of aromatic nitrogens is 4. The molecule has 0 saturated carbocycles. The van der Waals surface area contributed by atoms with E-state index in [1.54, 1.807) is 30.5 Å².